The first-order chi connectivity index (χ1) is 12.7. The lowest BCUT2D eigenvalue weighted by atomic mass is 10.2. The molecule has 0 saturated carbocycles. The van der Waals surface area contributed by atoms with Gasteiger partial charge in [-0.15, -0.1) is 0 Å². The molecule has 1 aromatic carbocycles. The van der Waals surface area contributed by atoms with E-state index in [1.807, 2.05) is 0 Å². The second-order valence-corrected chi connectivity index (χ2v) is 5.76. The number of amides is 3. The Morgan fingerprint density at radius 3 is 2.70 bits per heavy atom. The Morgan fingerprint density at radius 1 is 1.30 bits per heavy atom. The van der Waals surface area contributed by atoms with Crippen molar-refractivity contribution in [2.24, 2.45) is 7.05 Å². The van der Waals surface area contributed by atoms with Crippen molar-refractivity contribution >= 4 is 34.8 Å². The molecule has 2 aromatic heterocycles. The second kappa shape index (κ2) is 6.71. The van der Waals surface area contributed by atoms with Gasteiger partial charge in [0.25, 0.3) is 0 Å². The van der Waals surface area contributed by atoms with Crippen molar-refractivity contribution in [2.75, 3.05) is 10.2 Å². The van der Waals surface area contributed by atoms with Crippen LogP contribution >= 0.6 is 0 Å². The summed E-state index contributed by atoms with van der Waals surface area (Å²) in [6.07, 6.45) is -2.97. The zero-order valence-corrected chi connectivity index (χ0v) is 14.3. The van der Waals surface area contributed by atoms with E-state index in [2.05, 4.69) is 15.4 Å². The molecule has 2 heterocycles. The van der Waals surface area contributed by atoms with Crippen LogP contribution in [0.25, 0.3) is 11.0 Å². The number of hydrogen-bond acceptors (Lipinski definition) is 4. The number of alkyl halides is 3. The maximum Gasteiger partial charge on any atom is 0.416 e. The molecule has 0 aliphatic carbocycles. The van der Waals surface area contributed by atoms with Gasteiger partial charge in [0.15, 0.2) is 5.65 Å². The predicted octanol–water partition coefficient (Wildman–Crippen LogP) is 3.49. The molecule has 0 spiro atoms. The topological polar surface area (TPSA) is 80.1 Å². The summed E-state index contributed by atoms with van der Waals surface area (Å²) in [7, 11) is 1.71. The standard InChI is InChI=1S/C17H14F3N5O2/c1-10-14-7-13(8-21-15(14)24(2)23-10)25(9-26)16(27)22-12-5-3-4-11(6-12)17(18,19)20/h3-9H,1-2H3,(H,22,27). The third-order valence-electron chi connectivity index (χ3n) is 3.89. The van der Waals surface area contributed by atoms with Crippen molar-refractivity contribution in [1.82, 2.24) is 14.8 Å². The molecule has 140 valence electrons. The molecular formula is C17H14F3N5O2. The van der Waals surface area contributed by atoms with E-state index in [1.54, 1.807) is 24.7 Å². The van der Waals surface area contributed by atoms with Crippen LogP contribution in [-0.2, 0) is 18.0 Å². The maximum absolute atomic E-state index is 12.8. The van der Waals surface area contributed by atoms with Gasteiger partial charge in [0.1, 0.15) is 0 Å². The summed E-state index contributed by atoms with van der Waals surface area (Å²) in [6, 6.07) is 4.78. The number of hydrogen-bond donors (Lipinski definition) is 1. The maximum atomic E-state index is 12.8. The first-order valence-electron chi connectivity index (χ1n) is 7.73. The highest BCUT2D eigenvalue weighted by Gasteiger charge is 2.30. The Hall–Kier alpha value is -3.43. The number of carbonyl (C=O) groups excluding carboxylic acids is 2. The number of aryl methyl sites for hydroxylation is 2. The third kappa shape index (κ3) is 3.59. The van der Waals surface area contributed by atoms with Crippen LogP contribution in [0.2, 0.25) is 0 Å². The van der Waals surface area contributed by atoms with E-state index >= 15 is 0 Å². The summed E-state index contributed by atoms with van der Waals surface area (Å²) in [5.74, 6) is 0. The van der Waals surface area contributed by atoms with Crippen LogP contribution in [-0.4, -0.2) is 27.2 Å². The van der Waals surface area contributed by atoms with E-state index in [9.17, 15) is 22.8 Å². The monoisotopic (exact) mass is 377 g/mol. The first-order valence-corrected chi connectivity index (χ1v) is 7.73. The largest absolute Gasteiger partial charge is 0.416 e. The van der Waals surface area contributed by atoms with Crippen LogP contribution in [0.15, 0.2) is 36.5 Å². The highest BCUT2D eigenvalue weighted by atomic mass is 19.4. The highest BCUT2D eigenvalue weighted by Crippen LogP contribution is 2.31. The van der Waals surface area contributed by atoms with Crippen LogP contribution in [0.5, 0.6) is 0 Å². The fourth-order valence-corrected chi connectivity index (χ4v) is 2.61. The van der Waals surface area contributed by atoms with Crippen molar-refractivity contribution in [1.29, 1.82) is 0 Å². The van der Waals surface area contributed by atoms with Crippen LogP contribution in [0.4, 0.5) is 29.3 Å². The van der Waals surface area contributed by atoms with Gasteiger partial charge in [0, 0.05) is 18.1 Å². The number of aromatic nitrogens is 3. The van der Waals surface area contributed by atoms with Gasteiger partial charge in [0.05, 0.1) is 23.1 Å². The highest BCUT2D eigenvalue weighted by molar-refractivity contribution is 6.12. The normalized spacial score (nSPS) is 11.4. The fraction of sp³-hybridized carbons (Fsp3) is 0.176. The van der Waals surface area contributed by atoms with Gasteiger partial charge in [-0.3, -0.25) is 9.48 Å². The second-order valence-electron chi connectivity index (χ2n) is 5.76. The minimum absolute atomic E-state index is 0.0896. The van der Waals surface area contributed by atoms with Gasteiger partial charge in [-0.1, -0.05) is 6.07 Å². The zero-order valence-electron chi connectivity index (χ0n) is 14.3. The van der Waals surface area contributed by atoms with Gasteiger partial charge < -0.3 is 5.32 Å². The number of halogens is 3. The summed E-state index contributed by atoms with van der Waals surface area (Å²) in [6.45, 7) is 1.75. The lowest BCUT2D eigenvalue weighted by Gasteiger charge is -2.17. The SMILES string of the molecule is Cc1nn(C)c2ncc(N(C=O)C(=O)Nc3cccc(C(F)(F)F)c3)cc12. The molecule has 3 aromatic rings. The molecule has 0 unspecified atom stereocenters. The first kappa shape index (κ1) is 18.4. The number of urea groups is 1. The van der Waals surface area contributed by atoms with Crippen LogP contribution in [0.3, 0.4) is 0 Å². The van der Waals surface area contributed by atoms with E-state index in [0.29, 0.717) is 16.7 Å². The minimum Gasteiger partial charge on any atom is -0.307 e. The molecule has 0 radical (unpaired) electrons. The number of nitrogens with zero attached hydrogens (tertiary/aromatic N) is 4. The number of nitrogens with one attached hydrogen (secondary N) is 1. The number of fused-ring (bicyclic) bond motifs is 1. The molecule has 0 aliphatic rings. The summed E-state index contributed by atoms with van der Waals surface area (Å²) in [5.41, 5.74) is 0.393. The van der Waals surface area contributed by atoms with Gasteiger partial charge in [-0.25, -0.2) is 14.7 Å². The number of imide groups is 1. The molecule has 0 atom stereocenters. The molecule has 3 rings (SSSR count). The van der Waals surface area contributed by atoms with E-state index in [4.69, 9.17) is 0 Å². The van der Waals surface area contributed by atoms with E-state index in [-0.39, 0.29) is 17.8 Å². The summed E-state index contributed by atoms with van der Waals surface area (Å²) in [4.78, 5) is 28.7. The number of rotatable bonds is 3. The smallest absolute Gasteiger partial charge is 0.307 e. The van der Waals surface area contributed by atoms with Crippen LogP contribution < -0.4 is 10.2 Å². The van der Waals surface area contributed by atoms with Gasteiger partial charge in [0.2, 0.25) is 6.41 Å². The molecular weight excluding hydrogens is 363 g/mol. The number of carbonyl (C=O) groups is 2. The van der Waals surface area contributed by atoms with Crippen LogP contribution in [0.1, 0.15) is 11.3 Å². The van der Waals surface area contributed by atoms with Crippen molar-refractivity contribution in [3.05, 3.63) is 47.8 Å². The average Bonchev–Trinajstić information content (AvgIpc) is 2.89. The molecule has 0 saturated heterocycles. The van der Waals surface area contributed by atoms with E-state index < -0.39 is 17.8 Å². The molecule has 1 N–H and O–H groups in total. The molecule has 10 heteroatoms. The Bertz CT molecular complexity index is 1030. The lowest BCUT2D eigenvalue weighted by molar-refractivity contribution is -0.137. The molecule has 7 nitrogen and oxygen atoms in total. The number of pyridine rings is 1. The van der Waals surface area contributed by atoms with Crippen LogP contribution in [0, 0.1) is 6.92 Å². The Morgan fingerprint density at radius 2 is 2.04 bits per heavy atom. The molecule has 0 bridgehead atoms. The van der Waals surface area contributed by atoms with Crippen molar-refractivity contribution in [3.63, 3.8) is 0 Å². The zero-order chi connectivity index (χ0) is 19.8. The number of anilines is 2. The Kier molecular flexibility index (Phi) is 4.56. The summed E-state index contributed by atoms with van der Waals surface area (Å²) in [5, 5.41) is 7.13. The van der Waals surface area contributed by atoms with Gasteiger partial charge in [-0.2, -0.15) is 18.3 Å². The predicted molar refractivity (Wildman–Crippen MR) is 92.3 cm³/mol. The van der Waals surface area contributed by atoms with Crippen molar-refractivity contribution in [3.8, 4) is 0 Å². The Balaban J connectivity index is 1.89. The van der Waals surface area contributed by atoms with E-state index in [0.717, 1.165) is 23.1 Å². The van der Waals surface area contributed by atoms with Gasteiger partial charge in [-0.05, 0) is 31.2 Å². The quantitative estimate of drug-likeness (QED) is 0.709. The lowest BCUT2D eigenvalue weighted by Crippen LogP contribution is -2.33. The average molecular weight is 377 g/mol. The number of benzene rings is 1. The molecule has 0 fully saturated rings. The molecule has 27 heavy (non-hydrogen) atoms. The van der Waals surface area contributed by atoms with Crippen molar-refractivity contribution < 1.29 is 22.8 Å². The third-order valence-corrected chi connectivity index (χ3v) is 3.89. The molecule has 0 aliphatic heterocycles. The summed E-state index contributed by atoms with van der Waals surface area (Å²) >= 11 is 0. The fourth-order valence-electron chi connectivity index (χ4n) is 2.61. The van der Waals surface area contributed by atoms with Gasteiger partial charge >= 0.3 is 12.2 Å². The Labute approximate surface area is 151 Å². The van der Waals surface area contributed by atoms with Crippen molar-refractivity contribution in [2.45, 2.75) is 13.1 Å². The van der Waals surface area contributed by atoms with E-state index in [1.165, 1.54) is 12.3 Å². The summed E-state index contributed by atoms with van der Waals surface area (Å²) < 4.78 is 39.9. The minimum atomic E-state index is -4.54. The molecule has 3 amide bonds.